The second kappa shape index (κ2) is 5.02. The molecule has 74 valence electrons. The first kappa shape index (κ1) is 10.3. The van der Waals surface area contributed by atoms with Gasteiger partial charge in [-0.1, -0.05) is 13.3 Å². The summed E-state index contributed by atoms with van der Waals surface area (Å²) in [7, 11) is 2.01. The maximum atomic E-state index is 5.48. The Bertz CT molecular complexity index is 253. The molecule has 1 rings (SSSR count). The zero-order chi connectivity index (χ0) is 9.68. The second-order valence-electron chi connectivity index (χ2n) is 3.38. The normalized spacial score (nSPS) is 10.7. The van der Waals surface area contributed by atoms with Gasteiger partial charge in [0.2, 0.25) is 0 Å². The number of nitrogens with two attached hydrogens (primary N) is 1. The van der Waals surface area contributed by atoms with Crippen molar-refractivity contribution in [3.05, 3.63) is 17.5 Å². The molecule has 1 heterocycles. The van der Waals surface area contributed by atoms with Gasteiger partial charge in [0.1, 0.15) is 0 Å². The van der Waals surface area contributed by atoms with Crippen molar-refractivity contribution in [2.75, 3.05) is 6.54 Å². The van der Waals surface area contributed by atoms with Crippen LogP contribution in [0.15, 0.2) is 6.20 Å². The van der Waals surface area contributed by atoms with Crippen LogP contribution in [0.2, 0.25) is 0 Å². The Hall–Kier alpha value is -0.830. The highest BCUT2D eigenvalue weighted by molar-refractivity contribution is 5.17. The van der Waals surface area contributed by atoms with Gasteiger partial charge in [0, 0.05) is 12.7 Å². The van der Waals surface area contributed by atoms with Gasteiger partial charge in [0.25, 0.3) is 0 Å². The predicted molar refractivity (Wildman–Crippen MR) is 54.6 cm³/mol. The van der Waals surface area contributed by atoms with Crippen LogP contribution >= 0.6 is 0 Å². The van der Waals surface area contributed by atoms with Crippen LogP contribution in [0.25, 0.3) is 0 Å². The minimum Gasteiger partial charge on any atom is -0.330 e. The topological polar surface area (TPSA) is 43.8 Å². The molecule has 0 amide bonds. The van der Waals surface area contributed by atoms with Gasteiger partial charge in [-0.2, -0.15) is 5.10 Å². The van der Waals surface area contributed by atoms with Crippen molar-refractivity contribution in [3.63, 3.8) is 0 Å². The summed E-state index contributed by atoms with van der Waals surface area (Å²) >= 11 is 0. The summed E-state index contributed by atoms with van der Waals surface area (Å²) in [5.74, 6) is 0. The highest BCUT2D eigenvalue weighted by Crippen LogP contribution is 2.11. The van der Waals surface area contributed by atoms with Gasteiger partial charge >= 0.3 is 0 Å². The summed E-state index contributed by atoms with van der Waals surface area (Å²) in [6.45, 7) is 2.96. The first-order valence-electron chi connectivity index (χ1n) is 4.99. The lowest BCUT2D eigenvalue weighted by molar-refractivity contribution is 0.690. The fraction of sp³-hybridized carbons (Fsp3) is 0.700. The highest BCUT2D eigenvalue weighted by Gasteiger charge is 2.06. The van der Waals surface area contributed by atoms with Gasteiger partial charge < -0.3 is 5.73 Å². The molecule has 2 N–H and O–H groups in total. The van der Waals surface area contributed by atoms with E-state index < -0.39 is 0 Å². The van der Waals surface area contributed by atoms with Crippen LogP contribution in [0.4, 0.5) is 0 Å². The Labute approximate surface area is 79.9 Å². The number of rotatable bonds is 5. The number of nitrogens with zero attached hydrogens (tertiary/aromatic N) is 2. The van der Waals surface area contributed by atoms with E-state index in [1.807, 2.05) is 17.9 Å². The molecule has 0 aliphatic carbocycles. The lowest BCUT2D eigenvalue weighted by Crippen LogP contribution is -2.03. The summed E-state index contributed by atoms with van der Waals surface area (Å²) < 4.78 is 1.98. The van der Waals surface area contributed by atoms with E-state index >= 15 is 0 Å². The largest absolute Gasteiger partial charge is 0.330 e. The summed E-state index contributed by atoms with van der Waals surface area (Å²) in [5, 5.41) is 4.26. The fourth-order valence-corrected chi connectivity index (χ4v) is 1.57. The van der Waals surface area contributed by atoms with Crippen molar-refractivity contribution in [1.82, 2.24) is 9.78 Å². The highest BCUT2D eigenvalue weighted by atomic mass is 15.3. The minimum atomic E-state index is 0.764. The number of hydrogen-bond acceptors (Lipinski definition) is 2. The van der Waals surface area contributed by atoms with Crippen molar-refractivity contribution in [2.45, 2.75) is 32.6 Å². The van der Waals surface area contributed by atoms with Gasteiger partial charge in [0.05, 0.1) is 6.20 Å². The van der Waals surface area contributed by atoms with Crippen molar-refractivity contribution < 1.29 is 0 Å². The van der Waals surface area contributed by atoms with Crippen LogP contribution in [0.5, 0.6) is 0 Å². The van der Waals surface area contributed by atoms with Crippen molar-refractivity contribution in [2.24, 2.45) is 12.8 Å². The molecule has 0 atom stereocenters. The first-order chi connectivity index (χ1) is 6.29. The van der Waals surface area contributed by atoms with Crippen LogP contribution in [0.1, 0.15) is 31.0 Å². The van der Waals surface area contributed by atoms with Gasteiger partial charge in [-0.05, 0) is 31.4 Å². The lowest BCUT2D eigenvalue weighted by Gasteiger charge is -2.03. The number of hydrogen-bond donors (Lipinski definition) is 1. The molecule has 1 aromatic rings. The molecule has 0 saturated heterocycles. The smallest absolute Gasteiger partial charge is 0.0524 e. The molecular weight excluding hydrogens is 162 g/mol. The van der Waals surface area contributed by atoms with Gasteiger partial charge in [-0.25, -0.2) is 0 Å². The second-order valence-corrected chi connectivity index (χ2v) is 3.38. The van der Waals surface area contributed by atoms with E-state index in [2.05, 4.69) is 12.0 Å². The Balaban J connectivity index is 2.68. The van der Waals surface area contributed by atoms with E-state index in [9.17, 15) is 0 Å². The summed E-state index contributed by atoms with van der Waals surface area (Å²) in [5.41, 5.74) is 8.22. The molecule has 0 unspecified atom stereocenters. The third-order valence-corrected chi connectivity index (χ3v) is 2.29. The Morgan fingerprint density at radius 2 is 2.23 bits per heavy atom. The van der Waals surface area contributed by atoms with Gasteiger partial charge in [0.15, 0.2) is 0 Å². The van der Waals surface area contributed by atoms with Gasteiger partial charge in [-0.15, -0.1) is 0 Å². The Morgan fingerprint density at radius 3 is 2.85 bits per heavy atom. The lowest BCUT2D eigenvalue weighted by atomic mass is 10.1. The first-order valence-corrected chi connectivity index (χ1v) is 4.99. The van der Waals surface area contributed by atoms with Crippen LogP contribution < -0.4 is 5.73 Å². The van der Waals surface area contributed by atoms with Crippen LogP contribution in [0.3, 0.4) is 0 Å². The molecule has 1 aromatic heterocycles. The quantitative estimate of drug-likeness (QED) is 0.743. The number of aromatic nitrogens is 2. The molecule has 0 aliphatic rings. The maximum absolute atomic E-state index is 5.48. The molecule has 0 aliphatic heterocycles. The molecule has 0 saturated carbocycles. The monoisotopic (exact) mass is 181 g/mol. The van der Waals surface area contributed by atoms with Crippen LogP contribution in [-0.4, -0.2) is 16.3 Å². The van der Waals surface area contributed by atoms with E-state index in [-0.39, 0.29) is 0 Å². The molecule has 13 heavy (non-hydrogen) atoms. The minimum absolute atomic E-state index is 0.764. The van der Waals surface area contributed by atoms with E-state index in [1.165, 1.54) is 17.7 Å². The van der Waals surface area contributed by atoms with Crippen molar-refractivity contribution in [1.29, 1.82) is 0 Å². The molecule has 0 aromatic carbocycles. The summed E-state index contributed by atoms with van der Waals surface area (Å²) in [6.07, 6.45) is 6.40. The molecule has 0 fully saturated rings. The zero-order valence-electron chi connectivity index (χ0n) is 8.58. The maximum Gasteiger partial charge on any atom is 0.0524 e. The molecule has 0 bridgehead atoms. The average Bonchev–Trinajstić information content (AvgIpc) is 2.46. The van der Waals surface area contributed by atoms with Crippen molar-refractivity contribution in [3.8, 4) is 0 Å². The molecule has 0 radical (unpaired) electrons. The van der Waals surface area contributed by atoms with Crippen molar-refractivity contribution >= 4 is 0 Å². The Morgan fingerprint density at radius 1 is 1.46 bits per heavy atom. The Kier molecular flexibility index (Phi) is 3.96. The SMILES string of the molecule is CCCc1c(CCCN)cnn1C. The van der Waals surface area contributed by atoms with Crippen LogP contribution in [0, 0.1) is 0 Å². The zero-order valence-corrected chi connectivity index (χ0v) is 8.58. The van der Waals surface area contributed by atoms with E-state index in [4.69, 9.17) is 5.73 Å². The predicted octanol–water partition coefficient (Wildman–Crippen LogP) is 1.26. The number of aryl methyl sites for hydroxylation is 2. The molecule has 3 heteroatoms. The third kappa shape index (κ3) is 2.56. The standard InChI is InChI=1S/C10H19N3/c1-3-5-10-9(6-4-7-11)8-12-13(10)2/h8H,3-7,11H2,1-2H3. The van der Waals surface area contributed by atoms with E-state index in [0.29, 0.717) is 0 Å². The van der Waals surface area contributed by atoms with Gasteiger partial charge in [-0.3, -0.25) is 4.68 Å². The van der Waals surface area contributed by atoms with Crippen LogP contribution in [-0.2, 0) is 19.9 Å². The van der Waals surface area contributed by atoms with E-state index in [1.54, 1.807) is 0 Å². The molecule has 3 nitrogen and oxygen atoms in total. The van der Waals surface area contributed by atoms with E-state index in [0.717, 1.165) is 25.8 Å². The average molecular weight is 181 g/mol. The molecular formula is C10H19N3. The summed E-state index contributed by atoms with van der Waals surface area (Å²) in [6, 6.07) is 0. The molecule has 0 spiro atoms. The fourth-order valence-electron chi connectivity index (χ4n) is 1.57. The third-order valence-electron chi connectivity index (χ3n) is 2.29. The summed E-state index contributed by atoms with van der Waals surface area (Å²) in [4.78, 5) is 0.